The Morgan fingerprint density at radius 3 is 2.67 bits per heavy atom. The molecule has 0 unspecified atom stereocenters. The molecule has 2 amide bonds. The molecule has 0 spiro atoms. The number of fused-ring (bicyclic) bond motifs is 1. The Balaban J connectivity index is 1.52. The second kappa shape index (κ2) is 8.58. The number of aromatic amines is 1. The Labute approximate surface area is 194 Å². The van der Waals surface area contributed by atoms with Gasteiger partial charge in [-0.15, -0.1) is 0 Å². The Morgan fingerprint density at radius 1 is 1.21 bits per heavy atom. The lowest BCUT2D eigenvalue weighted by atomic mass is 10.0. The summed E-state index contributed by atoms with van der Waals surface area (Å²) in [4.78, 5) is 33.1. The molecule has 1 aromatic carbocycles. The van der Waals surface area contributed by atoms with Crippen molar-refractivity contribution in [1.29, 1.82) is 0 Å². The predicted molar refractivity (Wildman–Crippen MR) is 129 cm³/mol. The average molecular weight is 472 g/mol. The molecule has 2 aliphatic rings. The van der Waals surface area contributed by atoms with Crippen LogP contribution in [-0.4, -0.2) is 67.0 Å². The van der Waals surface area contributed by atoms with E-state index < -0.39 is 32.6 Å². The van der Waals surface area contributed by atoms with Crippen molar-refractivity contribution in [2.24, 2.45) is 4.99 Å². The van der Waals surface area contributed by atoms with Gasteiger partial charge in [0.05, 0.1) is 6.10 Å². The van der Waals surface area contributed by atoms with Crippen molar-refractivity contribution in [2.75, 3.05) is 6.54 Å². The lowest BCUT2D eigenvalue weighted by molar-refractivity contribution is -0.132. The zero-order valence-corrected chi connectivity index (χ0v) is 20.7. The van der Waals surface area contributed by atoms with Crippen LogP contribution < -0.4 is 16.0 Å². The van der Waals surface area contributed by atoms with Gasteiger partial charge in [-0.2, -0.15) is 0 Å². The van der Waals surface area contributed by atoms with Gasteiger partial charge in [0.1, 0.15) is 18.2 Å². The fraction of sp³-hybridized carbons (Fsp3) is 0.522. The van der Waals surface area contributed by atoms with Crippen LogP contribution in [0.15, 0.2) is 35.5 Å². The number of β-amino-alcohol motifs (C(OH)–C–C–N with tert-alkyl or cyclic N) is 1. The number of hydrogen-bond acceptors (Lipinski definition) is 6. The number of carbonyl (C=O) groups excluding carboxylic acids is 2. The van der Waals surface area contributed by atoms with Crippen LogP contribution in [0.4, 0.5) is 0 Å². The van der Waals surface area contributed by atoms with Gasteiger partial charge in [-0.1, -0.05) is 39.0 Å². The lowest BCUT2D eigenvalue weighted by Crippen LogP contribution is -2.67. The summed E-state index contributed by atoms with van der Waals surface area (Å²) in [6.45, 7) is 10.6. The molecule has 10 heteroatoms. The summed E-state index contributed by atoms with van der Waals surface area (Å²) in [7, 11) is -2.27. The first-order chi connectivity index (χ1) is 15.5. The molecule has 0 aliphatic carbocycles. The maximum absolute atomic E-state index is 12.7. The van der Waals surface area contributed by atoms with Gasteiger partial charge in [-0.05, 0) is 29.8 Å². The summed E-state index contributed by atoms with van der Waals surface area (Å²) in [5.41, 5.74) is 2.01. The monoisotopic (exact) mass is 471 g/mol. The molecule has 9 nitrogen and oxygen atoms in total. The number of H-pyrrole nitrogens is 1. The van der Waals surface area contributed by atoms with Crippen molar-refractivity contribution in [3.05, 3.63) is 36.0 Å². The zero-order chi connectivity index (χ0) is 24.0. The summed E-state index contributed by atoms with van der Waals surface area (Å²) < 4.78 is 6.43. The molecule has 33 heavy (non-hydrogen) atoms. The Kier molecular flexibility index (Phi) is 6.10. The first-order valence-corrected chi connectivity index (χ1v) is 14.2. The summed E-state index contributed by atoms with van der Waals surface area (Å²) in [6, 6.07) is 6.43. The molecule has 2 aliphatic heterocycles. The van der Waals surface area contributed by atoms with Crippen molar-refractivity contribution in [2.45, 2.75) is 69.6 Å². The fourth-order valence-corrected chi connectivity index (χ4v) is 5.26. The molecule has 178 valence electrons. The van der Waals surface area contributed by atoms with E-state index in [4.69, 9.17) is 4.43 Å². The maximum atomic E-state index is 12.7. The van der Waals surface area contributed by atoms with Gasteiger partial charge in [0, 0.05) is 30.1 Å². The number of nitrogens with one attached hydrogen (secondary N) is 4. The third kappa shape index (κ3) is 4.68. The molecule has 2 aromatic rings. The maximum Gasteiger partial charge on any atom is 0.251 e. The first kappa shape index (κ1) is 23.5. The number of nitrogens with zero attached hydrogens (tertiary/aromatic N) is 1. The molecule has 0 radical (unpaired) electrons. The van der Waals surface area contributed by atoms with Crippen LogP contribution in [-0.2, 0) is 20.4 Å². The number of rotatable bonds is 5. The Bertz CT molecular complexity index is 1090. The SMILES string of the molecule is CC(C)(C)[Si](C)(C)O[C@@H]1[C@H](O)CNC(=O)[C@H]1NC1=N[C@@H](Cc2c[nH]c3ccccc23)C(=O)N1. The smallest absolute Gasteiger partial charge is 0.251 e. The topological polar surface area (TPSA) is 128 Å². The lowest BCUT2D eigenvalue weighted by Gasteiger charge is -2.44. The van der Waals surface area contributed by atoms with E-state index >= 15 is 0 Å². The fourth-order valence-electron chi connectivity index (χ4n) is 3.93. The molecule has 3 heterocycles. The summed E-state index contributed by atoms with van der Waals surface area (Å²) >= 11 is 0. The van der Waals surface area contributed by atoms with Crippen molar-refractivity contribution < 1.29 is 19.1 Å². The van der Waals surface area contributed by atoms with Gasteiger partial charge in [0.15, 0.2) is 14.3 Å². The second-order valence-corrected chi connectivity index (χ2v) is 15.1. The van der Waals surface area contributed by atoms with E-state index in [1.807, 2.05) is 30.5 Å². The number of aliphatic hydroxyl groups excluding tert-OH is 1. The minimum absolute atomic E-state index is 0.0886. The van der Waals surface area contributed by atoms with Crippen LogP contribution in [0, 0.1) is 0 Å². The minimum atomic E-state index is -2.27. The molecular weight excluding hydrogens is 438 g/mol. The highest BCUT2D eigenvalue weighted by Crippen LogP contribution is 2.38. The second-order valence-electron chi connectivity index (χ2n) is 10.3. The molecule has 1 fully saturated rings. The zero-order valence-electron chi connectivity index (χ0n) is 19.7. The minimum Gasteiger partial charge on any atom is -0.409 e. The molecule has 5 N–H and O–H groups in total. The van der Waals surface area contributed by atoms with E-state index in [2.05, 4.69) is 59.8 Å². The number of benzene rings is 1. The first-order valence-electron chi connectivity index (χ1n) is 11.3. The molecule has 0 bridgehead atoms. The van der Waals surface area contributed by atoms with E-state index in [1.54, 1.807) is 0 Å². The van der Waals surface area contributed by atoms with Gasteiger partial charge in [-0.3, -0.25) is 14.9 Å². The number of aromatic nitrogens is 1. The molecule has 1 aromatic heterocycles. The third-order valence-electron chi connectivity index (χ3n) is 6.92. The largest absolute Gasteiger partial charge is 0.409 e. The number of para-hydroxylation sites is 1. The van der Waals surface area contributed by atoms with E-state index in [9.17, 15) is 14.7 Å². The van der Waals surface area contributed by atoms with Crippen LogP contribution in [0.5, 0.6) is 0 Å². The van der Waals surface area contributed by atoms with Gasteiger partial charge < -0.3 is 25.2 Å². The van der Waals surface area contributed by atoms with Crippen LogP contribution in [0.1, 0.15) is 26.3 Å². The van der Waals surface area contributed by atoms with Crippen molar-refractivity contribution in [1.82, 2.24) is 20.9 Å². The number of amides is 2. The van der Waals surface area contributed by atoms with Gasteiger partial charge in [0.25, 0.3) is 5.91 Å². The molecule has 1 saturated heterocycles. The summed E-state index contributed by atoms with van der Waals surface area (Å²) in [6.07, 6.45) is 0.720. The normalized spacial score (nSPS) is 26.2. The number of aliphatic imine (C=N–C) groups is 1. The number of hydrogen-bond donors (Lipinski definition) is 5. The van der Waals surface area contributed by atoms with Crippen LogP contribution in [0.2, 0.25) is 18.1 Å². The highest BCUT2D eigenvalue weighted by Gasteiger charge is 2.47. The summed E-state index contributed by atoms with van der Waals surface area (Å²) in [5, 5.41) is 20.1. The van der Waals surface area contributed by atoms with Crippen LogP contribution >= 0.6 is 0 Å². The van der Waals surface area contributed by atoms with E-state index in [-0.39, 0.29) is 29.4 Å². The van der Waals surface area contributed by atoms with Gasteiger partial charge in [0.2, 0.25) is 5.91 Å². The van der Waals surface area contributed by atoms with Crippen LogP contribution in [0.25, 0.3) is 10.9 Å². The van der Waals surface area contributed by atoms with Crippen molar-refractivity contribution in [3.63, 3.8) is 0 Å². The standard InChI is InChI=1S/C23H33N5O4Si/c1-23(2,3)33(4,5)32-19-17(29)12-25-21(31)18(19)27-22-26-16(20(30)28-22)10-13-11-24-15-9-7-6-8-14(13)15/h6-9,11,16-19,24,29H,10,12H2,1-5H3,(H,25,31)(H2,26,27,28,30)/t16-,17+,18-,19+/m0/s1. The number of aliphatic hydroxyl groups is 1. The van der Waals surface area contributed by atoms with E-state index in [1.165, 1.54) is 0 Å². The Morgan fingerprint density at radius 2 is 1.94 bits per heavy atom. The van der Waals surface area contributed by atoms with Crippen LogP contribution in [0.3, 0.4) is 0 Å². The highest BCUT2D eigenvalue weighted by molar-refractivity contribution is 6.74. The summed E-state index contributed by atoms with van der Waals surface area (Å²) in [5.74, 6) is -0.301. The average Bonchev–Trinajstić information content (AvgIpc) is 3.30. The number of carbonyl (C=O) groups is 2. The third-order valence-corrected chi connectivity index (χ3v) is 11.4. The number of guanidine groups is 1. The molecule has 0 saturated carbocycles. The van der Waals surface area contributed by atoms with E-state index in [0.717, 1.165) is 16.5 Å². The Hall–Kier alpha value is -2.69. The molecule has 4 rings (SSSR count). The van der Waals surface area contributed by atoms with Gasteiger partial charge in [-0.25, -0.2) is 4.99 Å². The van der Waals surface area contributed by atoms with Gasteiger partial charge >= 0.3 is 0 Å². The van der Waals surface area contributed by atoms with Crippen molar-refractivity contribution in [3.8, 4) is 0 Å². The quantitative estimate of drug-likeness (QED) is 0.421. The molecule has 4 atom stereocenters. The van der Waals surface area contributed by atoms with Crippen molar-refractivity contribution >= 4 is 37.0 Å². The van der Waals surface area contributed by atoms with E-state index in [0.29, 0.717) is 6.42 Å². The number of piperidine rings is 1. The predicted octanol–water partition coefficient (Wildman–Crippen LogP) is 1.40. The molecular formula is C23H33N5O4Si. The highest BCUT2D eigenvalue weighted by atomic mass is 28.4.